The first-order valence-electron chi connectivity index (χ1n) is 11.8. The van der Waals surface area contributed by atoms with Crippen LogP contribution in [0.3, 0.4) is 0 Å². The van der Waals surface area contributed by atoms with Crippen LogP contribution in [0.2, 0.25) is 0 Å². The van der Waals surface area contributed by atoms with Crippen molar-refractivity contribution in [1.29, 1.82) is 5.41 Å². The third-order valence-electron chi connectivity index (χ3n) is 6.73. The summed E-state index contributed by atoms with van der Waals surface area (Å²) in [4.78, 5) is 4.70. The molecule has 2 heterocycles. The van der Waals surface area contributed by atoms with Crippen LogP contribution in [0.4, 0.5) is 0 Å². The molecule has 0 spiro atoms. The third-order valence-corrected chi connectivity index (χ3v) is 6.73. The number of hydrogen-bond donors (Lipinski definition) is 1. The fourth-order valence-corrected chi connectivity index (χ4v) is 4.98. The van der Waals surface area contributed by atoms with Crippen molar-refractivity contribution in [2.45, 2.75) is 12.5 Å². The predicted octanol–water partition coefficient (Wildman–Crippen LogP) is 5.87. The van der Waals surface area contributed by atoms with Crippen LogP contribution in [0.1, 0.15) is 28.2 Å². The number of rotatable bonds is 5. The smallest absolute Gasteiger partial charge is 0.228 e. The lowest BCUT2D eigenvalue weighted by molar-refractivity contribution is 0.354. The molecule has 178 valence electrons. The van der Waals surface area contributed by atoms with Gasteiger partial charge in [-0.1, -0.05) is 72.8 Å². The number of aromatic nitrogens is 2. The summed E-state index contributed by atoms with van der Waals surface area (Å²) < 4.78 is 19.4. The summed E-state index contributed by atoms with van der Waals surface area (Å²) in [7, 11) is 3.26. The molecule has 6 heteroatoms. The molecule has 1 aromatic heterocycles. The average Bonchev–Trinajstić information content (AvgIpc) is 2.93. The van der Waals surface area contributed by atoms with Gasteiger partial charge < -0.3 is 18.8 Å². The molecule has 1 N–H and O–H groups in total. The highest BCUT2D eigenvalue weighted by Gasteiger charge is 2.33. The summed E-state index contributed by atoms with van der Waals surface area (Å²) in [5, 5.41) is 11.3. The Labute approximate surface area is 208 Å². The first-order chi connectivity index (χ1) is 17.7. The molecule has 0 radical (unpaired) electrons. The van der Waals surface area contributed by atoms with Gasteiger partial charge in [-0.15, -0.1) is 0 Å². The summed E-state index contributed by atoms with van der Waals surface area (Å²) >= 11 is 0. The molecule has 0 saturated heterocycles. The van der Waals surface area contributed by atoms with Crippen molar-refractivity contribution in [3.05, 3.63) is 119 Å². The number of ether oxygens (including phenoxy) is 3. The zero-order valence-electron chi connectivity index (χ0n) is 20.1. The molecule has 0 bridgehead atoms. The highest BCUT2D eigenvalue weighted by molar-refractivity contribution is 5.91. The van der Waals surface area contributed by atoms with E-state index in [-0.39, 0.29) is 5.92 Å². The molecule has 5 aromatic rings. The largest absolute Gasteiger partial charge is 0.493 e. The van der Waals surface area contributed by atoms with Gasteiger partial charge >= 0.3 is 0 Å². The van der Waals surface area contributed by atoms with E-state index in [1.165, 1.54) is 0 Å². The Morgan fingerprint density at radius 1 is 0.889 bits per heavy atom. The van der Waals surface area contributed by atoms with E-state index in [0.29, 0.717) is 29.4 Å². The fourth-order valence-electron chi connectivity index (χ4n) is 4.98. The van der Waals surface area contributed by atoms with Crippen molar-refractivity contribution < 1.29 is 14.2 Å². The van der Waals surface area contributed by atoms with Gasteiger partial charge in [-0.05, 0) is 28.6 Å². The molecule has 6 rings (SSSR count). The Morgan fingerprint density at radius 3 is 2.47 bits per heavy atom. The lowest BCUT2D eigenvalue weighted by atomic mass is 9.82. The molecule has 36 heavy (non-hydrogen) atoms. The molecule has 1 atom stereocenters. The van der Waals surface area contributed by atoms with Gasteiger partial charge in [0, 0.05) is 16.9 Å². The summed E-state index contributed by atoms with van der Waals surface area (Å²) in [6, 6.07) is 28.4. The van der Waals surface area contributed by atoms with Gasteiger partial charge in [0.15, 0.2) is 11.5 Å². The van der Waals surface area contributed by atoms with Crippen molar-refractivity contribution in [2.75, 3.05) is 14.2 Å². The van der Waals surface area contributed by atoms with Crippen LogP contribution < -0.4 is 19.7 Å². The molecule has 0 saturated carbocycles. The van der Waals surface area contributed by atoms with E-state index < -0.39 is 0 Å². The molecule has 0 fully saturated rings. The highest BCUT2D eigenvalue weighted by atomic mass is 16.5. The molecule has 4 aromatic carbocycles. The topological polar surface area (TPSA) is 69.4 Å². The molecule has 1 aliphatic heterocycles. The standard InChI is InChI=1S/C30H25N3O3/c1-34-24-15-13-21(16-25(24)35-2)26-23-14-12-20-10-6-7-11-22(20)28(23)36-30-27(26)29(31)33(18-32-30)17-19-8-4-3-5-9-19/h3-16,18,26,31H,17H2,1-2H3/t26-/m0/s1. The van der Waals surface area contributed by atoms with E-state index in [0.717, 1.165) is 38.8 Å². The predicted molar refractivity (Wildman–Crippen MR) is 138 cm³/mol. The summed E-state index contributed by atoms with van der Waals surface area (Å²) in [5.74, 6) is 2.25. The number of fused-ring (bicyclic) bond motifs is 4. The van der Waals surface area contributed by atoms with E-state index in [1.807, 2.05) is 53.1 Å². The second kappa shape index (κ2) is 8.89. The molecule has 0 unspecified atom stereocenters. The van der Waals surface area contributed by atoms with Crippen LogP contribution in [0.25, 0.3) is 10.8 Å². The highest BCUT2D eigenvalue weighted by Crippen LogP contribution is 2.48. The lowest BCUT2D eigenvalue weighted by Gasteiger charge is -2.29. The van der Waals surface area contributed by atoms with E-state index in [2.05, 4.69) is 36.4 Å². The third kappa shape index (κ3) is 3.58. The van der Waals surface area contributed by atoms with E-state index in [4.69, 9.17) is 19.2 Å². The Balaban J connectivity index is 1.59. The average molecular weight is 476 g/mol. The van der Waals surface area contributed by atoms with Crippen LogP contribution >= 0.6 is 0 Å². The monoisotopic (exact) mass is 475 g/mol. The van der Waals surface area contributed by atoms with E-state index >= 15 is 0 Å². The van der Waals surface area contributed by atoms with Crippen LogP contribution in [0.5, 0.6) is 23.1 Å². The minimum absolute atomic E-state index is 0.267. The number of nitrogens with one attached hydrogen (secondary N) is 1. The second-order valence-electron chi connectivity index (χ2n) is 8.78. The van der Waals surface area contributed by atoms with Crippen LogP contribution in [0.15, 0.2) is 91.3 Å². The van der Waals surface area contributed by atoms with Crippen LogP contribution in [-0.4, -0.2) is 23.8 Å². The number of benzene rings is 4. The van der Waals surface area contributed by atoms with Crippen LogP contribution in [0, 0.1) is 5.41 Å². The Bertz CT molecular complexity index is 1640. The molecule has 0 aliphatic carbocycles. The SMILES string of the molecule is COc1ccc([C@H]2c3ccc4ccccc4c3Oc3ncn(Cc4ccccc4)c(=N)c32)cc1OC. The molecule has 1 aliphatic rings. The Morgan fingerprint density at radius 2 is 1.67 bits per heavy atom. The van der Waals surface area contributed by atoms with Crippen molar-refractivity contribution in [1.82, 2.24) is 9.55 Å². The van der Waals surface area contributed by atoms with Crippen molar-refractivity contribution in [3.8, 4) is 23.1 Å². The summed E-state index contributed by atoms with van der Waals surface area (Å²) in [6.45, 7) is 0.545. The number of nitrogens with zero attached hydrogens (tertiary/aromatic N) is 2. The summed E-state index contributed by atoms with van der Waals surface area (Å²) in [6.07, 6.45) is 1.69. The van der Waals surface area contributed by atoms with E-state index in [9.17, 15) is 5.41 Å². The summed E-state index contributed by atoms with van der Waals surface area (Å²) in [5.41, 5.74) is 4.15. The van der Waals surface area contributed by atoms with E-state index in [1.54, 1.807) is 20.5 Å². The van der Waals surface area contributed by atoms with Gasteiger partial charge in [-0.3, -0.25) is 5.41 Å². The molecular weight excluding hydrogens is 450 g/mol. The number of hydrogen-bond acceptors (Lipinski definition) is 5. The normalized spacial score (nSPS) is 14.0. The molecule has 6 nitrogen and oxygen atoms in total. The quantitative estimate of drug-likeness (QED) is 0.339. The maximum Gasteiger partial charge on any atom is 0.228 e. The zero-order valence-corrected chi connectivity index (χ0v) is 20.1. The number of methoxy groups -OCH3 is 2. The molecular formula is C30H25N3O3. The van der Waals surface area contributed by atoms with Crippen molar-refractivity contribution in [2.24, 2.45) is 0 Å². The molecule has 0 amide bonds. The van der Waals surface area contributed by atoms with Gasteiger partial charge in [0.1, 0.15) is 17.6 Å². The lowest BCUT2D eigenvalue weighted by Crippen LogP contribution is -2.30. The maximum absolute atomic E-state index is 9.22. The Kier molecular flexibility index (Phi) is 5.41. The van der Waals surface area contributed by atoms with Crippen molar-refractivity contribution >= 4 is 10.8 Å². The van der Waals surface area contributed by atoms with Gasteiger partial charge in [0.25, 0.3) is 0 Å². The Hall–Kier alpha value is -4.58. The van der Waals surface area contributed by atoms with Crippen molar-refractivity contribution in [3.63, 3.8) is 0 Å². The first-order valence-corrected chi connectivity index (χ1v) is 11.8. The minimum Gasteiger partial charge on any atom is -0.493 e. The first kappa shape index (κ1) is 21.9. The van der Waals surface area contributed by atoms with Gasteiger partial charge in [0.2, 0.25) is 5.88 Å². The second-order valence-corrected chi connectivity index (χ2v) is 8.78. The van der Waals surface area contributed by atoms with Gasteiger partial charge in [-0.25, -0.2) is 4.98 Å². The zero-order chi connectivity index (χ0) is 24.6. The minimum atomic E-state index is -0.267. The van der Waals surface area contributed by atoms with Gasteiger partial charge in [-0.2, -0.15) is 0 Å². The fraction of sp³-hybridized carbons (Fsp3) is 0.133. The maximum atomic E-state index is 9.22. The van der Waals surface area contributed by atoms with Gasteiger partial charge in [0.05, 0.1) is 26.3 Å². The van der Waals surface area contributed by atoms with Crippen LogP contribution in [-0.2, 0) is 6.54 Å².